The Bertz CT molecular complexity index is 614. The van der Waals surface area contributed by atoms with Gasteiger partial charge in [-0.25, -0.2) is 4.39 Å². The van der Waals surface area contributed by atoms with E-state index in [1.165, 1.54) is 12.1 Å². The van der Waals surface area contributed by atoms with E-state index < -0.39 is 5.82 Å². The summed E-state index contributed by atoms with van der Waals surface area (Å²) in [5, 5.41) is 11.6. The van der Waals surface area contributed by atoms with Gasteiger partial charge in [-0.05, 0) is 31.5 Å². The lowest BCUT2D eigenvalue weighted by atomic mass is 10.1. The molecule has 0 aliphatic carbocycles. The summed E-state index contributed by atoms with van der Waals surface area (Å²) in [6.45, 7) is 3.86. The van der Waals surface area contributed by atoms with E-state index in [9.17, 15) is 4.39 Å². The number of aryl methyl sites for hydroxylation is 1. The molecule has 2 unspecified atom stereocenters. The van der Waals surface area contributed by atoms with Crippen molar-refractivity contribution in [2.45, 2.75) is 25.9 Å². The highest BCUT2D eigenvalue weighted by molar-refractivity contribution is 6.35. The molecule has 0 bridgehead atoms. The Kier molecular flexibility index (Phi) is 4.62. The maximum absolute atomic E-state index is 13.5. The maximum atomic E-state index is 13.5. The van der Waals surface area contributed by atoms with Crippen LogP contribution in [-0.4, -0.2) is 14.8 Å². The highest BCUT2D eigenvalue weighted by Gasteiger charge is 2.18. The van der Waals surface area contributed by atoms with Crippen molar-refractivity contribution in [3.05, 3.63) is 45.7 Å². The van der Waals surface area contributed by atoms with Crippen LogP contribution in [0.1, 0.15) is 37.3 Å². The van der Waals surface area contributed by atoms with Crippen LogP contribution in [0, 0.1) is 5.82 Å². The third-order valence-corrected chi connectivity index (χ3v) is 3.76. The van der Waals surface area contributed by atoms with Crippen LogP contribution in [0.3, 0.4) is 0 Å². The Hall–Kier alpha value is -1.17. The van der Waals surface area contributed by atoms with E-state index >= 15 is 0 Å². The molecule has 108 valence electrons. The van der Waals surface area contributed by atoms with Crippen molar-refractivity contribution in [1.29, 1.82) is 0 Å². The van der Waals surface area contributed by atoms with Crippen molar-refractivity contribution in [3.8, 4) is 0 Å². The number of hydrogen-bond donors (Lipinski definition) is 1. The van der Waals surface area contributed by atoms with Crippen LogP contribution < -0.4 is 5.32 Å². The maximum Gasteiger partial charge on any atom is 0.149 e. The molecule has 20 heavy (non-hydrogen) atoms. The zero-order chi connectivity index (χ0) is 14.9. The number of halogens is 3. The van der Waals surface area contributed by atoms with Gasteiger partial charge in [0.25, 0.3) is 0 Å². The van der Waals surface area contributed by atoms with E-state index in [4.69, 9.17) is 23.2 Å². The Morgan fingerprint density at radius 3 is 2.50 bits per heavy atom. The summed E-state index contributed by atoms with van der Waals surface area (Å²) in [5.41, 5.74) is 0.655. The van der Waals surface area contributed by atoms with Gasteiger partial charge < -0.3 is 9.88 Å². The summed E-state index contributed by atoms with van der Waals surface area (Å²) in [5.74, 6) is 0.313. The third-order valence-electron chi connectivity index (χ3n) is 3.14. The van der Waals surface area contributed by atoms with E-state index in [0.29, 0.717) is 10.6 Å². The van der Waals surface area contributed by atoms with Crippen molar-refractivity contribution in [2.75, 3.05) is 0 Å². The van der Waals surface area contributed by atoms with Crippen LogP contribution in [0.15, 0.2) is 18.5 Å². The zero-order valence-corrected chi connectivity index (χ0v) is 12.9. The molecule has 2 atom stereocenters. The average molecular weight is 317 g/mol. The van der Waals surface area contributed by atoms with Crippen molar-refractivity contribution in [2.24, 2.45) is 7.05 Å². The molecular weight excluding hydrogens is 302 g/mol. The highest BCUT2D eigenvalue weighted by atomic mass is 35.5. The first-order valence-corrected chi connectivity index (χ1v) is 6.90. The van der Waals surface area contributed by atoms with Crippen LogP contribution in [0.2, 0.25) is 10.0 Å². The molecule has 4 nitrogen and oxygen atoms in total. The number of hydrogen-bond acceptors (Lipinski definition) is 3. The highest BCUT2D eigenvalue weighted by Crippen LogP contribution is 2.29. The van der Waals surface area contributed by atoms with Gasteiger partial charge in [0.05, 0.1) is 11.1 Å². The normalized spacial score (nSPS) is 14.3. The molecule has 7 heteroatoms. The molecule has 1 heterocycles. The lowest BCUT2D eigenvalue weighted by molar-refractivity contribution is 0.464. The molecule has 0 saturated carbocycles. The van der Waals surface area contributed by atoms with Crippen LogP contribution in [0.4, 0.5) is 4.39 Å². The summed E-state index contributed by atoms with van der Waals surface area (Å²) in [6, 6.07) is 2.57. The van der Waals surface area contributed by atoms with Crippen molar-refractivity contribution >= 4 is 23.2 Å². The fourth-order valence-corrected chi connectivity index (χ4v) is 2.64. The van der Waals surface area contributed by atoms with Gasteiger partial charge in [-0.1, -0.05) is 23.2 Å². The van der Waals surface area contributed by atoms with Crippen molar-refractivity contribution in [3.63, 3.8) is 0 Å². The van der Waals surface area contributed by atoms with E-state index in [1.807, 2.05) is 25.5 Å². The fraction of sp³-hybridized carbons (Fsp3) is 0.385. The average Bonchev–Trinajstić information content (AvgIpc) is 2.80. The molecule has 0 saturated heterocycles. The van der Waals surface area contributed by atoms with Gasteiger partial charge in [0.2, 0.25) is 0 Å². The Morgan fingerprint density at radius 2 is 1.90 bits per heavy atom. The minimum Gasteiger partial charge on any atom is -0.319 e. The Morgan fingerprint density at radius 1 is 1.20 bits per heavy atom. The van der Waals surface area contributed by atoms with Crippen LogP contribution in [0.5, 0.6) is 0 Å². The summed E-state index contributed by atoms with van der Waals surface area (Å²) in [7, 11) is 1.87. The van der Waals surface area contributed by atoms with E-state index in [2.05, 4.69) is 15.5 Å². The van der Waals surface area contributed by atoms with Gasteiger partial charge in [-0.15, -0.1) is 10.2 Å². The Balaban J connectivity index is 2.18. The molecule has 1 N–H and O–H groups in total. The molecule has 0 fully saturated rings. The first kappa shape index (κ1) is 15.2. The smallest absolute Gasteiger partial charge is 0.149 e. The SMILES string of the molecule is CC(NC(C)c1nncn1C)c1cc(F)c(Cl)cc1Cl. The standard InChI is InChI=1S/C13H15Cl2FN4/c1-7(9-4-12(16)11(15)5-10(9)14)18-8(2)13-19-17-6-20(13)3/h4-8,18H,1-3H3. The monoisotopic (exact) mass is 316 g/mol. The van der Waals surface area contributed by atoms with Gasteiger partial charge in [-0.2, -0.15) is 0 Å². The van der Waals surface area contributed by atoms with Gasteiger partial charge in [0.1, 0.15) is 18.0 Å². The van der Waals surface area contributed by atoms with Crippen LogP contribution in [-0.2, 0) is 7.05 Å². The number of benzene rings is 1. The van der Waals surface area contributed by atoms with Crippen LogP contribution in [0.25, 0.3) is 0 Å². The number of rotatable bonds is 4. The second-order valence-electron chi connectivity index (χ2n) is 4.70. The molecule has 0 aliphatic rings. The molecule has 2 aromatic rings. The second kappa shape index (κ2) is 6.08. The molecular formula is C13H15Cl2FN4. The quantitative estimate of drug-likeness (QED) is 0.875. The molecule has 2 rings (SSSR count). The molecule has 0 radical (unpaired) electrons. The van der Waals surface area contributed by atoms with Crippen LogP contribution >= 0.6 is 23.2 Å². The number of nitrogens with one attached hydrogen (secondary N) is 1. The minimum absolute atomic E-state index is 0.0206. The van der Waals surface area contributed by atoms with E-state index in [1.54, 1.807) is 6.33 Å². The van der Waals surface area contributed by atoms with Gasteiger partial charge in [0, 0.05) is 18.1 Å². The lowest BCUT2D eigenvalue weighted by Crippen LogP contribution is -2.25. The molecule has 0 amide bonds. The van der Waals surface area contributed by atoms with E-state index in [0.717, 1.165) is 5.82 Å². The summed E-state index contributed by atoms with van der Waals surface area (Å²) < 4.78 is 15.4. The zero-order valence-electron chi connectivity index (χ0n) is 11.4. The topological polar surface area (TPSA) is 42.7 Å². The molecule has 1 aromatic carbocycles. The summed E-state index contributed by atoms with van der Waals surface area (Å²) in [6.07, 6.45) is 1.63. The summed E-state index contributed by atoms with van der Waals surface area (Å²) >= 11 is 11.8. The van der Waals surface area contributed by atoms with Crippen molar-refractivity contribution < 1.29 is 4.39 Å². The minimum atomic E-state index is -0.481. The van der Waals surface area contributed by atoms with Gasteiger partial charge >= 0.3 is 0 Å². The van der Waals surface area contributed by atoms with Gasteiger partial charge in [0.15, 0.2) is 0 Å². The predicted molar refractivity (Wildman–Crippen MR) is 77.4 cm³/mol. The molecule has 0 aliphatic heterocycles. The largest absolute Gasteiger partial charge is 0.319 e. The van der Waals surface area contributed by atoms with Crippen molar-refractivity contribution in [1.82, 2.24) is 20.1 Å². The number of aromatic nitrogens is 3. The first-order valence-electron chi connectivity index (χ1n) is 6.14. The Labute approximate surface area is 126 Å². The van der Waals surface area contributed by atoms with E-state index in [-0.39, 0.29) is 17.1 Å². The first-order chi connectivity index (χ1) is 9.40. The fourth-order valence-electron chi connectivity index (χ4n) is 2.09. The third kappa shape index (κ3) is 3.11. The number of nitrogens with zero attached hydrogens (tertiary/aromatic N) is 3. The second-order valence-corrected chi connectivity index (χ2v) is 5.51. The molecule has 1 aromatic heterocycles. The predicted octanol–water partition coefficient (Wildman–Crippen LogP) is 3.67. The molecule has 0 spiro atoms. The summed E-state index contributed by atoms with van der Waals surface area (Å²) in [4.78, 5) is 0. The van der Waals surface area contributed by atoms with Gasteiger partial charge in [-0.3, -0.25) is 0 Å². The lowest BCUT2D eigenvalue weighted by Gasteiger charge is -2.21.